The van der Waals surface area contributed by atoms with E-state index in [-0.39, 0.29) is 25.5 Å². The molecule has 38 heavy (non-hydrogen) atoms. The molecule has 0 bridgehead atoms. The second-order valence-corrected chi connectivity index (χ2v) is 9.44. The fourth-order valence-corrected chi connectivity index (χ4v) is 4.82. The lowest BCUT2D eigenvalue weighted by atomic mass is 9.81. The fourth-order valence-electron chi connectivity index (χ4n) is 4.33. The Balaban J connectivity index is 1.80. The van der Waals surface area contributed by atoms with Gasteiger partial charge < -0.3 is 14.6 Å². The van der Waals surface area contributed by atoms with E-state index in [2.05, 4.69) is 26.0 Å². The van der Waals surface area contributed by atoms with E-state index in [1.54, 1.807) is 29.7 Å². The number of carbonyl (C=O) groups excluding carboxylic acids is 1. The van der Waals surface area contributed by atoms with Crippen LogP contribution in [0.25, 0.3) is 10.4 Å². The molecule has 0 aromatic heterocycles. The van der Waals surface area contributed by atoms with Crippen molar-refractivity contribution in [3.63, 3.8) is 0 Å². The second-order valence-electron chi connectivity index (χ2n) is 8.59. The Bertz CT molecular complexity index is 1360. The van der Waals surface area contributed by atoms with Crippen LogP contribution < -0.4 is 10.2 Å². The number of aliphatic hydroxyl groups excluding tert-OH is 1. The van der Waals surface area contributed by atoms with E-state index >= 15 is 0 Å². The summed E-state index contributed by atoms with van der Waals surface area (Å²) in [5.41, 5.74) is 11.8. The number of aliphatic imine (C=N–C) groups is 1. The van der Waals surface area contributed by atoms with Gasteiger partial charge in [0.2, 0.25) is 5.90 Å². The molecule has 1 aliphatic heterocycles. The molecule has 3 aromatic carbocycles. The maximum atomic E-state index is 13.5. The number of ether oxygens (including phenoxy) is 2. The van der Waals surface area contributed by atoms with Crippen molar-refractivity contribution in [3.8, 4) is 5.75 Å². The van der Waals surface area contributed by atoms with Crippen LogP contribution in [0.3, 0.4) is 0 Å². The maximum absolute atomic E-state index is 13.5. The van der Waals surface area contributed by atoms with Crippen LogP contribution in [-0.4, -0.2) is 40.9 Å². The van der Waals surface area contributed by atoms with Crippen molar-refractivity contribution in [2.45, 2.75) is 31.0 Å². The van der Waals surface area contributed by atoms with Crippen LogP contribution in [0.15, 0.2) is 87.4 Å². The molecule has 3 aromatic rings. The Morgan fingerprint density at radius 3 is 2.53 bits per heavy atom. The summed E-state index contributed by atoms with van der Waals surface area (Å²) in [6, 6.07) is 21.7. The number of amides is 1. The van der Waals surface area contributed by atoms with Gasteiger partial charge in [-0.15, -0.1) is 0 Å². The summed E-state index contributed by atoms with van der Waals surface area (Å²) in [4.78, 5) is 21.1. The van der Waals surface area contributed by atoms with Crippen molar-refractivity contribution in [1.29, 1.82) is 0 Å². The predicted octanol–water partition coefficient (Wildman–Crippen LogP) is 5.03. The molecule has 196 valence electrons. The van der Waals surface area contributed by atoms with Gasteiger partial charge in [-0.3, -0.25) is 10.0 Å². The van der Waals surface area contributed by atoms with Crippen LogP contribution in [0.5, 0.6) is 5.75 Å². The largest absolute Gasteiger partial charge is 0.494 e. The molecule has 2 atom stereocenters. The minimum Gasteiger partial charge on any atom is -0.494 e. The van der Waals surface area contributed by atoms with Crippen molar-refractivity contribution in [1.82, 2.24) is 5.48 Å². The van der Waals surface area contributed by atoms with Gasteiger partial charge in [0.15, 0.2) is 11.6 Å². The summed E-state index contributed by atoms with van der Waals surface area (Å²) in [6.07, 6.45) is -0.312. The fraction of sp³-hybridized carbons (Fsp3) is 0.259. The van der Waals surface area contributed by atoms with Gasteiger partial charge in [-0.05, 0) is 47.0 Å². The third-order valence-electron chi connectivity index (χ3n) is 6.20. The number of aliphatic hydroxyl groups is 1. The number of rotatable bonds is 11. The van der Waals surface area contributed by atoms with Crippen LogP contribution in [-0.2, 0) is 22.5 Å². The molecule has 1 heterocycles. The number of azide groups is 1. The van der Waals surface area contributed by atoms with Crippen LogP contribution in [0.2, 0.25) is 0 Å². The summed E-state index contributed by atoms with van der Waals surface area (Å²) in [6.45, 7) is 0.519. The van der Waals surface area contributed by atoms with Gasteiger partial charge in [-0.2, -0.15) is 0 Å². The summed E-state index contributed by atoms with van der Waals surface area (Å²) in [5.74, 6) is 0.106. The molecular formula is C27H26BrN5O5. The van der Waals surface area contributed by atoms with Gasteiger partial charge in [0.25, 0.3) is 5.91 Å². The van der Waals surface area contributed by atoms with E-state index in [0.29, 0.717) is 34.4 Å². The highest BCUT2D eigenvalue weighted by atomic mass is 79.9. The Morgan fingerprint density at radius 1 is 1.13 bits per heavy atom. The smallest absolute Gasteiger partial charge is 0.275 e. The Morgan fingerprint density at radius 2 is 1.84 bits per heavy atom. The first kappa shape index (κ1) is 27.2. The first-order valence-corrected chi connectivity index (χ1v) is 12.7. The highest BCUT2D eigenvalue weighted by Gasteiger charge is 2.54. The van der Waals surface area contributed by atoms with Crippen LogP contribution in [0, 0.1) is 0 Å². The lowest BCUT2D eigenvalue weighted by Gasteiger charge is -2.30. The molecule has 0 saturated heterocycles. The van der Waals surface area contributed by atoms with Gasteiger partial charge in [-0.25, -0.2) is 10.5 Å². The summed E-state index contributed by atoms with van der Waals surface area (Å²) < 4.78 is 12.7. The molecule has 0 unspecified atom stereocenters. The lowest BCUT2D eigenvalue weighted by Crippen LogP contribution is -2.49. The van der Waals surface area contributed by atoms with Crippen molar-refractivity contribution < 1.29 is 24.6 Å². The van der Waals surface area contributed by atoms with Crippen molar-refractivity contribution in [2.75, 3.05) is 13.2 Å². The van der Waals surface area contributed by atoms with Gasteiger partial charge in [-0.1, -0.05) is 63.5 Å². The van der Waals surface area contributed by atoms with Crippen LogP contribution in [0.4, 0.5) is 0 Å². The van der Waals surface area contributed by atoms with E-state index in [0.717, 1.165) is 11.1 Å². The number of hydrogen-bond donors (Lipinski definition) is 3. The predicted molar refractivity (Wildman–Crippen MR) is 144 cm³/mol. The third kappa shape index (κ3) is 5.81. The van der Waals surface area contributed by atoms with Crippen molar-refractivity contribution in [3.05, 3.63) is 110 Å². The number of hydroxylamine groups is 1. The average molecular weight is 580 g/mol. The summed E-state index contributed by atoms with van der Waals surface area (Å²) in [5, 5.41) is 22.5. The number of nitrogens with zero attached hydrogens (tertiary/aromatic N) is 4. The van der Waals surface area contributed by atoms with Crippen molar-refractivity contribution >= 4 is 27.7 Å². The van der Waals surface area contributed by atoms with E-state index < -0.39 is 17.6 Å². The van der Waals surface area contributed by atoms with Gasteiger partial charge in [0.05, 0.1) is 13.2 Å². The highest BCUT2D eigenvalue weighted by Crippen LogP contribution is 2.44. The molecule has 0 saturated carbocycles. The Labute approximate surface area is 227 Å². The maximum Gasteiger partial charge on any atom is 0.275 e. The number of halogens is 1. The quantitative estimate of drug-likeness (QED) is 0.0727. The second kappa shape index (κ2) is 12.6. The standard InChI is InChI=1S/C27H26BrN5O5/c28-23-9-4-3-8-22(23)24-27(26(35)32-36,16-19-6-1-2-7-20(19)17-30-33-29)31-25(38-24)18-10-12-21(13-11-18)37-15-5-14-34/h1-4,6-13,24,34,36H,5,14-17H2,(H,32,35)/t24-,27-/m0/s1. The van der Waals surface area contributed by atoms with Crippen molar-refractivity contribution in [2.24, 2.45) is 10.1 Å². The van der Waals surface area contributed by atoms with Gasteiger partial charge >= 0.3 is 0 Å². The number of hydrogen-bond acceptors (Lipinski definition) is 7. The molecule has 10 nitrogen and oxygen atoms in total. The normalized spacial score (nSPS) is 18.2. The average Bonchev–Trinajstić information content (AvgIpc) is 3.33. The molecular weight excluding hydrogens is 554 g/mol. The van der Waals surface area contributed by atoms with Gasteiger partial charge in [0, 0.05) is 40.0 Å². The van der Waals surface area contributed by atoms with E-state index in [1.165, 1.54) is 0 Å². The highest BCUT2D eigenvalue weighted by molar-refractivity contribution is 9.10. The van der Waals surface area contributed by atoms with Crippen LogP contribution in [0.1, 0.15) is 34.8 Å². The molecule has 1 aliphatic rings. The molecule has 3 N–H and O–H groups in total. The summed E-state index contributed by atoms with van der Waals surface area (Å²) in [7, 11) is 0. The number of nitrogens with one attached hydrogen (secondary N) is 1. The molecule has 0 aliphatic carbocycles. The molecule has 0 fully saturated rings. The Kier molecular flexibility index (Phi) is 8.98. The SMILES string of the molecule is [N-]=[N+]=NCc1ccccc1C[C@]1(C(=O)NO)N=C(c2ccc(OCCCO)cc2)O[C@H]1c1ccccc1Br. The van der Waals surface area contributed by atoms with E-state index in [1.807, 2.05) is 48.5 Å². The molecule has 4 rings (SSSR count). The zero-order valence-corrected chi connectivity index (χ0v) is 21.9. The minimum absolute atomic E-state index is 0.0418. The monoisotopic (exact) mass is 579 g/mol. The lowest BCUT2D eigenvalue weighted by molar-refractivity contribution is -0.137. The first-order valence-electron chi connectivity index (χ1n) is 11.9. The zero-order valence-electron chi connectivity index (χ0n) is 20.3. The van der Waals surface area contributed by atoms with Crippen LogP contribution >= 0.6 is 15.9 Å². The van der Waals surface area contributed by atoms with Gasteiger partial charge in [0.1, 0.15) is 5.75 Å². The van der Waals surface area contributed by atoms with E-state index in [4.69, 9.17) is 25.1 Å². The molecule has 1 amide bonds. The minimum atomic E-state index is -1.59. The number of carbonyl (C=O) groups is 1. The zero-order chi connectivity index (χ0) is 27.0. The molecule has 0 spiro atoms. The topological polar surface area (TPSA) is 149 Å². The first-order chi connectivity index (χ1) is 18.5. The molecule has 0 radical (unpaired) electrons. The summed E-state index contributed by atoms with van der Waals surface area (Å²) >= 11 is 3.56. The number of benzene rings is 3. The molecule has 11 heteroatoms. The Hall–Kier alpha value is -3.89. The third-order valence-corrected chi connectivity index (χ3v) is 6.92. The van der Waals surface area contributed by atoms with E-state index in [9.17, 15) is 10.0 Å².